The van der Waals surface area contributed by atoms with Gasteiger partial charge in [-0.3, -0.25) is 9.36 Å². The summed E-state index contributed by atoms with van der Waals surface area (Å²) < 4.78 is 1.59. The second kappa shape index (κ2) is 3.77. The summed E-state index contributed by atoms with van der Waals surface area (Å²) in [5.74, 6) is 0.749. The van der Waals surface area contributed by atoms with Gasteiger partial charge in [0.2, 0.25) is 0 Å². The van der Waals surface area contributed by atoms with Crippen LogP contribution in [0.4, 0.5) is 0 Å². The van der Waals surface area contributed by atoms with E-state index in [9.17, 15) is 4.79 Å². The molecule has 1 aromatic carbocycles. The fraction of sp³-hybridized carbons (Fsp3) is 0.273. The number of benzene rings is 1. The summed E-state index contributed by atoms with van der Waals surface area (Å²) >= 11 is 3.43. The topological polar surface area (TPSA) is 34.9 Å². The first-order valence-electron chi connectivity index (χ1n) is 4.71. The standard InChI is InChI=1S/C11H11BrN2O/c1-7(12)10-13-9-6-4-3-5-8(9)11(15)14(10)2/h3-7H,1-2H3. The molecule has 78 valence electrons. The molecule has 0 saturated heterocycles. The maximum absolute atomic E-state index is 12.0. The van der Waals surface area contributed by atoms with Crippen molar-refractivity contribution in [2.45, 2.75) is 11.8 Å². The Morgan fingerprint density at radius 2 is 2.07 bits per heavy atom. The number of fused-ring (bicyclic) bond motifs is 1. The van der Waals surface area contributed by atoms with Gasteiger partial charge >= 0.3 is 0 Å². The summed E-state index contributed by atoms with van der Waals surface area (Å²) in [4.78, 5) is 16.5. The molecule has 15 heavy (non-hydrogen) atoms. The molecule has 0 spiro atoms. The Morgan fingerprint density at radius 1 is 1.40 bits per heavy atom. The lowest BCUT2D eigenvalue weighted by Crippen LogP contribution is -2.22. The average molecular weight is 267 g/mol. The van der Waals surface area contributed by atoms with Crippen LogP contribution in [0.2, 0.25) is 0 Å². The van der Waals surface area contributed by atoms with Crippen molar-refractivity contribution < 1.29 is 0 Å². The van der Waals surface area contributed by atoms with Crippen LogP contribution >= 0.6 is 15.9 Å². The van der Waals surface area contributed by atoms with Crippen molar-refractivity contribution in [1.29, 1.82) is 0 Å². The van der Waals surface area contributed by atoms with Gasteiger partial charge in [0.25, 0.3) is 5.56 Å². The van der Waals surface area contributed by atoms with Gasteiger partial charge in [0, 0.05) is 7.05 Å². The first-order valence-corrected chi connectivity index (χ1v) is 5.62. The van der Waals surface area contributed by atoms with E-state index in [-0.39, 0.29) is 10.4 Å². The van der Waals surface area contributed by atoms with Crippen LogP contribution in [-0.4, -0.2) is 9.55 Å². The molecule has 4 heteroatoms. The molecular weight excluding hydrogens is 256 g/mol. The van der Waals surface area contributed by atoms with Crippen LogP contribution in [-0.2, 0) is 7.05 Å². The maximum Gasteiger partial charge on any atom is 0.261 e. The van der Waals surface area contributed by atoms with Crippen molar-refractivity contribution in [1.82, 2.24) is 9.55 Å². The lowest BCUT2D eigenvalue weighted by Gasteiger charge is -2.10. The molecule has 2 aromatic rings. The number of rotatable bonds is 1. The van der Waals surface area contributed by atoms with Crippen molar-refractivity contribution in [2.75, 3.05) is 0 Å². The number of alkyl halides is 1. The van der Waals surface area contributed by atoms with E-state index in [0.29, 0.717) is 5.39 Å². The zero-order chi connectivity index (χ0) is 11.0. The van der Waals surface area contributed by atoms with Crippen LogP contribution in [0, 0.1) is 0 Å². The Hall–Kier alpha value is -1.16. The average Bonchev–Trinajstić information content (AvgIpc) is 2.23. The molecule has 1 heterocycles. The first-order chi connectivity index (χ1) is 7.11. The molecule has 0 amide bonds. The van der Waals surface area contributed by atoms with Crippen molar-refractivity contribution in [3.05, 3.63) is 40.4 Å². The van der Waals surface area contributed by atoms with Gasteiger partial charge in [0.1, 0.15) is 5.82 Å². The Kier molecular flexibility index (Phi) is 2.61. The highest BCUT2D eigenvalue weighted by Gasteiger charge is 2.10. The fourth-order valence-electron chi connectivity index (χ4n) is 1.59. The summed E-state index contributed by atoms with van der Waals surface area (Å²) in [6.07, 6.45) is 0. The summed E-state index contributed by atoms with van der Waals surface area (Å²) in [7, 11) is 1.74. The monoisotopic (exact) mass is 266 g/mol. The molecule has 1 aromatic heterocycles. The highest BCUT2D eigenvalue weighted by molar-refractivity contribution is 9.09. The number of aromatic nitrogens is 2. The van der Waals surface area contributed by atoms with Crippen LogP contribution in [0.25, 0.3) is 10.9 Å². The summed E-state index contributed by atoms with van der Waals surface area (Å²) in [6.45, 7) is 1.95. The van der Waals surface area contributed by atoms with E-state index in [0.717, 1.165) is 11.3 Å². The molecule has 2 rings (SSSR count). The minimum Gasteiger partial charge on any atom is -0.298 e. The van der Waals surface area contributed by atoms with Crippen LogP contribution in [0.3, 0.4) is 0 Å². The normalized spacial score (nSPS) is 13.0. The number of nitrogens with zero attached hydrogens (tertiary/aromatic N) is 2. The second-order valence-corrected chi connectivity index (χ2v) is 4.84. The summed E-state index contributed by atoms with van der Waals surface area (Å²) in [6, 6.07) is 7.39. The van der Waals surface area contributed by atoms with E-state index in [1.165, 1.54) is 0 Å². The third kappa shape index (κ3) is 1.69. The van der Waals surface area contributed by atoms with E-state index in [4.69, 9.17) is 0 Å². The first kappa shape index (κ1) is 10.4. The third-order valence-corrected chi connectivity index (χ3v) is 2.78. The Balaban J connectivity index is 2.89. The summed E-state index contributed by atoms with van der Waals surface area (Å²) in [5.41, 5.74) is 0.754. The molecular formula is C11H11BrN2O. The van der Waals surface area contributed by atoms with E-state index in [1.54, 1.807) is 17.7 Å². The third-order valence-electron chi connectivity index (χ3n) is 2.37. The van der Waals surface area contributed by atoms with Gasteiger partial charge in [-0.1, -0.05) is 28.1 Å². The minimum absolute atomic E-state index is 0.00176. The maximum atomic E-state index is 12.0. The molecule has 0 aliphatic rings. The number of para-hydroxylation sites is 1. The molecule has 0 fully saturated rings. The quantitative estimate of drug-likeness (QED) is 0.743. The molecule has 0 aliphatic carbocycles. The van der Waals surface area contributed by atoms with E-state index in [2.05, 4.69) is 20.9 Å². The van der Waals surface area contributed by atoms with Gasteiger partial charge in [-0.05, 0) is 19.1 Å². The van der Waals surface area contributed by atoms with Crippen LogP contribution < -0.4 is 5.56 Å². The van der Waals surface area contributed by atoms with Crippen LogP contribution in [0.5, 0.6) is 0 Å². The largest absolute Gasteiger partial charge is 0.298 e. The lowest BCUT2D eigenvalue weighted by atomic mass is 10.2. The predicted octanol–water partition coefficient (Wildman–Crippen LogP) is 2.39. The SMILES string of the molecule is CC(Br)c1nc2ccccc2c(=O)n1C. The Labute approximate surface area is 95.9 Å². The molecule has 1 unspecified atom stereocenters. The molecule has 0 N–H and O–H groups in total. The molecule has 0 aliphatic heterocycles. The van der Waals surface area contributed by atoms with E-state index in [1.807, 2.05) is 25.1 Å². The minimum atomic E-state index is 0.00176. The molecule has 0 radical (unpaired) electrons. The highest BCUT2D eigenvalue weighted by Crippen LogP contribution is 2.19. The molecule has 0 bridgehead atoms. The molecule has 3 nitrogen and oxygen atoms in total. The van der Waals surface area contributed by atoms with Crippen LogP contribution in [0.15, 0.2) is 29.1 Å². The van der Waals surface area contributed by atoms with Crippen molar-refractivity contribution in [3.8, 4) is 0 Å². The summed E-state index contributed by atoms with van der Waals surface area (Å²) in [5, 5.41) is 0.664. The second-order valence-electron chi connectivity index (χ2n) is 3.47. The van der Waals surface area contributed by atoms with Gasteiger partial charge in [-0.25, -0.2) is 4.98 Å². The van der Waals surface area contributed by atoms with Gasteiger partial charge in [0.05, 0.1) is 15.7 Å². The van der Waals surface area contributed by atoms with Crippen molar-refractivity contribution in [2.24, 2.45) is 7.05 Å². The highest BCUT2D eigenvalue weighted by atomic mass is 79.9. The predicted molar refractivity (Wildman–Crippen MR) is 64.3 cm³/mol. The van der Waals surface area contributed by atoms with Crippen LogP contribution in [0.1, 0.15) is 17.6 Å². The Bertz CT molecular complexity index is 560. The fourth-order valence-corrected chi connectivity index (χ4v) is 2.00. The zero-order valence-corrected chi connectivity index (χ0v) is 10.2. The number of halogens is 1. The lowest BCUT2D eigenvalue weighted by molar-refractivity contribution is 0.749. The zero-order valence-electron chi connectivity index (χ0n) is 8.57. The van der Waals surface area contributed by atoms with Gasteiger partial charge in [-0.2, -0.15) is 0 Å². The van der Waals surface area contributed by atoms with Gasteiger partial charge in [0.15, 0.2) is 0 Å². The van der Waals surface area contributed by atoms with E-state index >= 15 is 0 Å². The van der Waals surface area contributed by atoms with Gasteiger partial charge in [-0.15, -0.1) is 0 Å². The smallest absolute Gasteiger partial charge is 0.261 e. The van der Waals surface area contributed by atoms with Crippen molar-refractivity contribution in [3.63, 3.8) is 0 Å². The number of hydrogen-bond donors (Lipinski definition) is 0. The van der Waals surface area contributed by atoms with Gasteiger partial charge < -0.3 is 0 Å². The van der Waals surface area contributed by atoms with Crippen molar-refractivity contribution >= 4 is 26.8 Å². The Morgan fingerprint density at radius 3 is 2.73 bits per heavy atom. The number of hydrogen-bond acceptors (Lipinski definition) is 2. The molecule has 1 atom stereocenters. The van der Waals surface area contributed by atoms with E-state index < -0.39 is 0 Å². The molecule has 0 saturated carbocycles.